The van der Waals surface area contributed by atoms with Gasteiger partial charge in [0.25, 0.3) is 0 Å². The van der Waals surface area contributed by atoms with E-state index in [1.165, 1.54) is 13.1 Å². The lowest BCUT2D eigenvalue weighted by Gasteiger charge is -2.21. The molecule has 140 valence electrons. The van der Waals surface area contributed by atoms with Crippen molar-refractivity contribution in [3.05, 3.63) is 24.0 Å². The molecule has 26 heavy (non-hydrogen) atoms. The summed E-state index contributed by atoms with van der Waals surface area (Å²) in [5.41, 5.74) is 4.71. The standard InChI is InChI=1S/C16H18F3N5O2/c1-9(25)12-6-21-14-11(2-4-20-14)13(12)23-24-5-3-10(7-24)15(26)22-8-16(17,18)19/h2,4,6,10H,3,5,7-8H2,1H3,(H,22,26)(H2,20,21,23)/t10-/m0/s1. The monoisotopic (exact) mass is 369 g/mol. The minimum absolute atomic E-state index is 0.165. The first kappa shape index (κ1) is 18.2. The fourth-order valence-electron chi connectivity index (χ4n) is 2.96. The molecule has 1 fully saturated rings. The predicted octanol–water partition coefficient (Wildman–Crippen LogP) is 2.09. The Labute approximate surface area is 146 Å². The molecule has 0 spiro atoms. The average molecular weight is 369 g/mol. The summed E-state index contributed by atoms with van der Waals surface area (Å²) in [5.74, 6) is -1.34. The zero-order chi connectivity index (χ0) is 18.9. The Kier molecular flexibility index (Phi) is 4.86. The molecule has 10 heteroatoms. The predicted molar refractivity (Wildman–Crippen MR) is 88.5 cm³/mol. The van der Waals surface area contributed by atoms with Crippen molar-refractivity contribution in [3.8, 4) is 0 Å². The summed E-state index contributed by atoms with van der Waals surface area (Å²) in [6.07, 6.45) is -0.843. The lowest BCUT2D eigenvalue weighted by molar-refractivity contribution is -0.140. The van der Waals surface area contributed by atoms with Gasteiger partial charge in [-0.3, -0.25) is 9.59 Å². The molecule has 3 rings (SSSR count). The summed E-state index contributed by atoms with van der Waals surface area (Å²) < 4.78 is 36.7. The van der Waals surface area contributed by atoms with Crippen LogP contribution in [0.2, 0.25) is 0 Å². The summed E-state index contributed by atoms with van der Waals surface area (Å²) in [5, 5.41) is 4.37. The van der Waals surface area contributed by atoms with Crippen molar-refractivity contribution >= 4 is 28.4 Å². The van der Waals surface area contributed by atoms with Gasteiger partial charge in [-0.2, -0.15) is 13.2 Å². The summed E-state index contributed by atoms with van der Waals surface area (Å²) in [6.45, 7) is 0.807. The van der Waals surface area contributed by atoms with Crippen molar-refractivity contribution < 1.29 is 22.8 Å². The largest absolute Gasteiger partial charge is 0.405 e. The fraction of sp³-hybridized carbons (Fsp3) is 0.438. The number of anilines is 1. The highest BCUT2D eigenvalue weighted by Crippen LogP contribution is 2.28. The van der Waals surface area contributed by atoms with Crippen molar-refractivity contribution in [3.63, 3.8) is 0 Å². The number of hydrogen-bond donors (Lipinski definition) is 3. The molecular weight excluding hydrogens is 351 g/mol. The van der Waals surface area contributed by atoms with Gasteiger partial charge in [-0.15, -0.1) is 0 Å². The molecule has 0 aromatic carbocycles. The zero-order valence-electron chi connectivity index (χ0n) is 14.0. The number of alkyl halides is 3. The number of hydrazine groups is 1. The van der Waals surface area contributed by atoms with Crippen LogP contribution in [0.15, 0.2) is 18.5 Å². The maximum Gasteiger partial charge on any atom is 0.405 e. The summed E-state index contributed by atoms with van der Waals surface area (Å²) in [4.78, 5) is 30.9. The van der Waals surface area contributed by atoms with Gasteiger partial charge < -0.3 is 15.7 Å². The third-order valence-electron chi connectivity index (χ3n) is 4.26. The number of nitrogens with zero attached hydrogens (tertiary/aromatic N) is 2. The van der Waals surface area contributed by atoms with E-state index in [-0.39, 0.29) is 12.3 Å². The van der Waals surface area contributed by atoms with Gasteiger partial charge >= 0.3 is 6.18 Å². The van der Waals surface area contributed by atoms with E-state index in [9.17, 15) is 22.8 Å². The van der Waals surface area contributed by atoms with Crippen LogP contribution in [0.3, 0.4) is 0 Å². The molecule has 1 amide bonds. The number of hydrogen-bond acceptors (Lipinski definition) is 5. The van der Waals surface area contributed by atoms with E-state index in [2.05, 4.69) is 15.4 Å². The number of rotatable bonds is 5. The molecule has 3 heterocycles. The SMILES string of the molecule is CC(=O)c1cnc2[nH]ccc2c1NN1CC[C@H](C(=O)NCC(F)(F)F)C1. The number of amides is 1. The molecule has 1 aliphatic heterocycles. The highest BCUT2D eigenvalue weighted by molar-refractivity contribution is 6.06. The van der Waals surface area contributed by atoms with Gasteiger partial charge in [0.05, 0.1) is 17.2 Å². The van der Waals surface area contributed by atoms with E-state index in [0.717, 1.165) is 5.39 Å². The maximum absolute atomic E-state index is 12.2. The van der Waals surface area contributed by atoms with Gasteiger partial charge in [0.15, 0.2) is 5.78 Å². The quantitative estimate of drug-likeness (QED) is 0.703. The van der Waals surface area contributed by atoms with E-state index in [1.807, 2.05) is 5.32 Å². The Balaban J connectivity index is 1.70. The Morgan fingerprint density at radius 2 is 2.19 bits per heavy atom. The van der Waals surface area contributed by atoms with Crippen molar-refractivity contribution in [1.82, 2.24) is 20.3 Å². The molecular formula is C16H18F3N5O2. The molecule has 7 nitrogen and oxygen atoms in total. The number of ketones is 1. The number of aromatic amines is 1. The van der Waals surface area contributed by atoms with Crippen LogP contribution in [0.1, 0.15) is 23.7 Å². The molecule has 1 atom stereocenters. The van der Waals surface area contributed by atoms with E-state index in [0.29, 0.717) is 29.9 Å². The number of aromatic nitrogens is 2. The Hall–Kier alpha value is -2.62. The van der Waals surface area contributed by atoms with E-state index >= 15 is 0 Å². The van der Waals surface area contributed by atoms with Crippen LogP contribution in [0.25, 0.3) is 11.0 Å². The molecule has 1 saturated heterocycles. The van der Waals surface area contributed by atoms with Gasteiger partial charge in [-0.1, -0.05) is 0 Å². The molecule has 0 aliphatic carbocycles. The number of fused-ring (bicyclic) bond motifs is 1. The summed E-state index contributed by atoms with van der Waals surface area (Å²) >= 11 is 0. The number of carbonyl (C=O) groups excluding carboxylic acids is 2. The second-order valence-electron chi connectivity index (χ2n) is 6.22. The maximum atomic E-state index is 12.2. The molecule has 2 aromatic rings. The number of nitrogens with one attached hydrogen (secondary N) is 3. The number of Topliss-reactive ketones (excluding diaryl/α,β-unsaturated/α-hetero) is 1. The van der Waals surface area contributed by atoms with Gasteiger partial charge in [-0.25, -0.2) is 9.99 Å². The molecule has 0 saturated carbocycles. The topological polar surface area (TPSA) is 90.1 Å². The Bertz CT molecular complexity index is 833. The molecule has 2 aromatic heterocycles. The van der Waals surface area contributed by atoms with Crippen molar-refractivity contribution in [1.29, 1.82) is 0 Å². The minimum Gasteiger partial charge on any atom is -0.347 e. The first-order chi connectivity index (χ1) is 12.2. The van der Waals surface area contributed by atoms with E-state index in [4.69, 9.17) is 0 Å². The normalized spacial score (nSPS) is 18.2. The summed E-state index contributed by atoms with van der Waals surface area (Å²) in [7, 11) is 0. The third kappa shape index (κ3) is 3.96. The zero-order valence-corrected chi connectivity index (χ0v) is 14.0. The molecule has 0 radical (unpaired) electrons. The smallest absolute Gasteiger partial charge is 0.347 e. The number of carbonyl (C=O) groups is 2. The first-order valence-electron chi connectivity index (χ1n) is 8.07. The second kappa shape index (κ2) is 6.94. The van der Waals surface area contributed by atoms with Crippen LogP contribution in [-0.4, -0.2) is 52.5 Å². The van der Waals surface area contributed by atoms with Crippen LogP contribution in [0.4, 0.5) is 18.9 Å². The number of pyridine rings is 1. The number of H-pyrrole nitrogens is 1. The lowest BCUT2D eigenvalue weighted by atomic mass is 10.1. The lowest BCUT2D eigenvalue weighted by Crippen LogP contribution is -2.39. The van der Waals surface area contributed by atoms with E-state index < -0.39 is 24.5 Å². The minimum atomic E-state index is -4.43. The molecule has 3 N–H and O–H groups in total. The first-order valence-corrected chi connectivity index (χ1v) is 8.07. The Morgan fingerprint density at radius 3 is 2.88 bits per heavy atom. The highest BCUT2D eigenvalue weighted by Gasteiger charge is 2.33. The van der Waals surface area contributed by atoms with E-state index in [1.54, 1.807) is 17.3 Å². The van der Waals surface area contributed by atoms with Crippen LogP contribution in [0.5, 0.6) is 0 Å². The van der Waals surface area contributed by atoms with Gasteiger partial charge in [0.1, 0.15) is 12.2 Å². The van der Waals surface area contributed by atoms with Crippen molar-refractivity contribution in [2.45, 2.75) is 19.5 Å². The van der Waals surface area contributed by atoms with Crippen LogP contribution in [0, 0.1) is 5.92 Å². The summed E-state index contributed by atoms with van der Waals surface area (Å²) in [6, 6.07) is 1.78. The second-order valence-corrected chi connectivity index (χ2v) is 6.22. The fourth-order valence-corrected chi connectivity index (χ4v) is 2.96. The van der Waals surface area contributed by atoms with Gasteiger partial charge in [0, 0.05) is 30.9 Å². The number of halogens is 3. The van der Waals surface area contributed by atoms with Gasteiger partial charge in [-0.05, 0) is 19.4 Å². The van der Waals surface area contributed by atoms with Crippen LogP contribution in [-0.2, 0) is 4.79 Å². The van der Waals surface area contributed by atoms with Crippen molar-refractivity contribution in [2.24, 2.45) is 5.92 Å². The van der Waals surface area contributed by atoms with Crippen molar-refractivity contribution in [2.75, 3.05) is 25.1 Å². The third-order valence-corrected chi connectivity index (χ3v) is 4.26. The molecule has 0 unspecified atom stereocenters. The van der Waals surface area contributed by atoms with Crippen LogP contribution < -0.4 is 10.7 Å². The Morgan fingerprint density at radius 1 is 1.42 bits per heavy atom. The van der Waals surface area contributed by atoms with Crippen LogP contribution >= 0.6 is 0 Å². The van der Waals surface area contributed by atoms with Gasteiger partial charge in [0.2, 0.25) is 5.91 Å². The molecule has 0 bridgehead atoms. The highest BCUT2D eigenvalue weighted by atomic mass is 19.4. The average Bonchev–Trinajstić information content (AvgIpc) is 3.20. The molecule has 1 aliphatic rings.